The van der Waals surface area contributed by atoms with E-state index in [0.29, 0.717) is 6.42 Å². The molecular weight excluding hydrogens is 342 g/mol. The van der Waals surface area contributed by atoms with Gasteiger partial charge in [0.25, 0.3) is 0 Å². The Balaban J connectivity index is 0.00000288. The highest BCUT2D eigenvalue weighted by Crippen LogP contribution is 2.15. The SMILES string of the molecule is CSCC[C@H](N)C(=O)Nc1ccc(CN2CCCCCC2)cc1.Cl. The van der Waals surface area contributed by atoms with Crippen molar-refractivity contribution in [3.05, 3.63) is 29.8 Å². The molecule has 6 heteroatoms. The highest BCUT2D eigenvalue weighted by atomic mass is 35.5. The van der Waals surface area contributed by atoms with Crippen molar-refractivity contribution in [3.63, 3.8) is 0 Å². The fourth-order valence-corrected chi connectivity index (χ4v) is 3.35. The molecule has 2 rings (SSSR count). The first kappa shape index (κ1) is 21.3. The van der Waals surface area contributed by atoms with E-state index in [2.05, 4.69) is 22.3 Å². The van der Waals surface area contributed by atoms with Gasteiger partial charge in [0.2, 0.25) is 5.91 Å². The van der Waals surface area contributed by atoms with Crippen LogP contribution >= 0.6 is 24.2 Å². The van der Waals surface area contributed by atoms with Crippen LogP contribution in [0.25, 0.3) is 0 Å². The number of nitrogens with one attached hydrogen (secondary N) is 1. The molecule has 4 nitrogen and oxygen atoms in total. The number of hydrogen-bond donors (Lipinski definition) is 2. The Kier molecular flexibility index (Phi) is 10.4. The monoisotopic (exact) mass is 371 g/mol. The van der Waals surface area contributed by atoms with Crippen molar-refractivity contribution in [2.75, 3.05) is 30.4 Å². The second-order valence-electron chi connectivity index (χ2n) is 6.26. The molecule has 0 spiro atoms. The van der Waals surface area contributed by atoms with Crippen LogP contribution in [0.3, 0.4) is 0 Å². The second-order valence-corrected chi connectivity index (χ2v) is 7.25. The zero-order chi connectivity index (χ0) is 16.5. The van der Waals surface area contributed by atoms with Crippen molar-refractivity contribution in [2.24, 2.45) is 5.73 Å². The molecule has 0 radical (unpaired) electrons. The number of thioether (sulfide) groups is 1. The average Bonchev–Trinajstić information content (AvgIpc) is 2.83. The Labute approximate surface area is 156 Å². The van der Waals surface area contributed by atoms with Crippen LogP contribution in [0.4, 0.5) is 5.69 Å². The quantitative estimate of drug-likeness (QED) is 0.770. The molecule has 3 N–H and O–H groups in total. The van der Waals surface area contributed by atoms with E-state index in [-0.39, 0.29) is 18.3 Å². The van der Waals surface area contributed by atoms with Gasteiger partial charge in [-0.2, -0.15) is 11.8 Å². The summed E-state index contributed by atoms with van der Waals surface area (Å²) in [4.78, 5) is 14.5. The first-order valence-corrected chi connectivity index (χ1v) is 9.95. The number of hydrogen-bond acceptors (Lipinski definition) is 4. The number of carbonyl (C=O) groups is 1. The van der Waals surface area contributed by atoms with Crippen LogP contribution in [-0.2, 0) is 11.3 Å². The topological polar surface area (TPSA) is 58.4 Å². The van der Waals surface area contributed by atoms with Crippen LogP contribution in [0.2, 0.25) is 0 Å². The Morgan fingerprint density at radius 2 is 1.83 bits per heavy atom. The van der Waals surface area contributed by atoms with Gasteiger partial charge in [0.15, 0.2) is 0 Å². The number of rotatable bonds is 7. The van der Waals surface area contributed by atoms with E-state index in [0.717, 1.165) is 18.0 Å². The molecular formula is C18H30ClN3OS. The van der Waals surface area contributed by atoms with E-state index >= 15 is 0 Å². The van der Waals surface area contributed by atoms with Crippen LogP contribution in [0, 0.1) is 0 Å². The summed E-state index contributed by atoms with van der Waals surface area (Å²) in [6.07, 6.45) is 8.06. The lowest BCUT2D eigenvalue weighted by Crippen LogP contribution is -2.36. The highest BCUT2D eigenvalue weighted by Gasteiger charge is 2.13. The summed E-state index contributed by atoms with van der Waals surface area (Å²) >= 11 is 1.71. The van der Waals surface area contributed by atoms with E-state index in [1.807, 2.05) is 18.4 Å². The molecule has 1 atom stereocenters. The van der Waals surface area contributed by atoms with Crippen molar-refractivity contribution in [2.45, 2.75) is 44.7 Å². The van der Waals surface area contributed by atoms with Crippen LogP contribution < -0.4 is 11.1 Å². The van der Waals surface area contributed by atoms with Gasteiger partial charge in [-0.15, -0.1) is 12.4 Å². The van der Waals surface area contributed by atoms with Crippen molar-refractivity contribution in [1.82, 2.24) is 4.90 Å². The van der Waals surface area contributed by atoms with Gasteiger partial charge in [0.05, 0.1) is 6.04 Å². The third-order valence-electron chi connectivity index (χ3n) is 4.30. The number of nitrogens with two attached hydrogens (primary N) is 1. The minimum atomic E-state index is -0.431. The Bertz CT molecular complexity index is 476. The molecule has 0 aliphatic carbocycles. The number of benzene rings is 1. The van der Waals surface area contributed by atoms with E-state index in [9.17, 15) is 4.79 Å². The Morgan fingerprint density at radius 1 is 1.21 bits per heavy atom. The van der Waals surface area contributed by atoms with E-state index in [1.165, 1.54) is 44.3 Å². The first-order chi connectivity index (χ1) is 11.2. The molecule has 0 unspecified atom stereocenters. The lowest BCUT2D eigenvalue weighted by molar-refractivity contribution is -0.117. The molecule has 1 aromatic carbocycles. The number of amides is 1. The van der Waals surface area contributed by atoms with Gasteiger partial charge >= 0.3 is 0 Å². The van der Waals surface area contributed by atoms with Crippen LogP contribution in [0.1, 0.15) is 37.7 Å². The summed E-state index contributed by atoms with van der Waals surface area (Å²) in [7, 11) is 0. The minimum Gasteiger partial charge on any atom is -0.325 e. The molecule has 1 aromatic rings. The third kappa shape index (κ3) is 7.43. The fourth-order valence-electron chi connectivity index (χ4n) is 2.86. The summed E-state index contributed by atoms with van der Waals surface area (Å²) in [5.74, 6) is 0.808. The largest absolute Gasteiger partial charge is 0.325 e. The number of carbonyl (C=O) groups excluding carboxylic acids is 1. The lowest BCUT2D eigenvalue weighted by atomic mass is 10.1. The first-order valence-electron chi connectivity index (χ1n) is 8.55. The zero-order valence-corrected chi connectivity index (χ0v) is 16.1. The summed E-state index contributed by atoms with van der Waals surface area (Å²) in [6, 6.07) is 7.74. The summed E-state index contributed by atoms with van der Waals surface area (Å²) in [5, 5.41) is 2.90. The van der Waals surface area contributed by atoms with Gasteiger partial charge in [-0.1, -0.05) is 25.0 Å². The van der Waals surface area contributed by atoms with Gasteiger partial charge in [-0.25, -0.2) is 0 Å². The fraction of sp³-hybridized carbons (Fsp3) is 0.611. The van der Waals surface area contributed by atoms with Crippen LogP contribution in [0.5, 0.6) is 0 Å². The van der Waals surface area contributed by atoms with E-state index in [1.54, 1.807) is 11.8 Å². The van der Waals surface area contributed by atoms with Gasteiger partial charge in [0.1, 0.15) is 0 Å². The second kappa shape index (κ2) is 11.7. The van der Waals surface area contributed by atoms with Gasteiger partial charge in [-0.3, -0.25) is 9.69 Å². The molecule has 1 saturated heterocycles. The molecule has 24 heavy (non-hydrogen) atoms. The van der Waals surface area contributed by atoms with Gasteiger partial charge in [-0.05, 0) is 62.1 Å². The molecule has 1 fully saturated rings. The number of anilines is 1. The van der Waals surface area contributed by atoms with Crippen LogP contribution in [0.15, 0.2) is 24.3 Å². The van der Waals surface area contributed by atoms with Crippen molar-refractivity contribution in [1.29, 1.82) is 0 Å². The molecule has 1 heterocycles. The zero-order valence-electron chi connectivity index (χ0n) is 14.5. The van der Waals surface area contributed by atoms with Gasteiger partial charge in [0, 0.05) is 12.2 Å². The standard InChI is InChI=1S/C18H29N3OS.ClH/c1-23-13-10-17(19)18(22)20-16-8-6-15(7-9-16)14-21-11-4-2-3-5-12-21;/h6-9,17H,2-5,10-14,19H2,1H3,(H,20,22);1H/t17-;/m0./s1. The molecule has 1 aliphatic heterocycles. The normalized spacial score (nSPS) is 16.8. The molecule has 0 aromatic heterocycles. The lowest BCUT2D eigenvalue weighted by Gasteiger charge is -2.20. The summed E-state index contributed by atoms with van der Waals surface area (Å²) in [5.41, 5.74) is 8.02. The average molecular weight is 372 g/mol. The number of likely N-dealkylation sites (tertiary alicyclic amines) is 1. The molecule has 1 aliphatic rings. The minimum absolute atomic E-state index is 0. The molecule has 1 amide bonds. The predicted octanol–water partition coefficient (Wildman–Crippen LogP) is 3.50. The highest BCUT2D eigenvalue weighted by molar-refractivity contribution is 7.98. The van der Waals surface area contributed by atoms with Crippen molar-refractivity contribution in [3.8, 4) is 0 Å². The molecule has 0 saturated carbocycles. The molecule has 0 bridgehead atoms. The Morgan fingerprint density at radius 3 is 2.42 bits per heavy atom. The van der Waals surface area contributed by atoms with Crippen molar-refractivity contribution < 1.29 is 4.79 Å². The smallest absolute Gasteiger partial charge is 0.241 e. The van der Waals surface area contributed by atoms with Crippen molar-refractivity contribution >= 4 is 35.8 Å². The maximum Gasteiger partial charge on any atom is 0.241 e. The molecule has 136 valence electrons. The van der Waals surface area contributed by atoms with Gasteiger partial charge < -0.3 is 11.1 Å². The Hall–Kier alpha value is -0.750. The van der Waals surface area contributed by atoms with E-state index < -0.39 is 6.04 Å². The summed E-state index contributed by atoms with van der Waals surface area (Å²) < 4.78 is 0. The van der Waals surface area contributed by atoms with E-state index in [4.69, 9.17) is 5.73 Å². The maximum absolute atomic E-state index is 12.0. The maximum atomic E-state index is 12.0. The third-order valence-corrected chi connectivity index (χ3v) is 4.94. The number of halogens is 1. The summed E-state index contributed by atoms with van der Waals surface area (Å²) in [6.45, 7) is 3.40. The predicted molar refractivity (Wildman–Crippen MR) is 107 cm³/mol. The number of nitrogens with zero attached hydrogens (tertiary/aromatic N) is 1. The van der Waals surface area contributed by atoms with Crippen LogP contribution in [-0.4, -0.2) is 41.9 Å².